The van der Waals surface area contributed by atoms with Gasteiger partial charge in [0.15, 0.2) is 0 Å². The van der Waals surface area contributed by atoms with Crippen molar-refractivity contribution < 1.29 is 12.8 Å². The topological polar surface area (TPSA) is 37.4 Å². The SMILES string of the molecule is Cc1ccc(N(C)S(=O)(=O)c2ccccc2F)cc1. The van der Waals surface area contributed by atoms with Crippen LogP contribution in [0.25, 0.3) is 0 Å². The summed E-state index contributed by atoms with van der Waals surface area (Å²) in [4.78, 5) is -0.321. The first kappa shape index (κ1) is 13.5. The highest BCUT2D eigenvalue weighted by Gasteiger charge is 2.24. The number of hydrogen-bond donors (Lipinski definition) is 0. The van der Waals surface area contributed by atoms with Gasteiger partial charge in [0.2, 0.25) is 0 Å². The molecule has 0 bridgehead atoms. The zero-order valence-corrected chi connectivity index (χ0v) is 11.5. The summed E-state index contributed by atoms with van der Waals surface area (Å²) in [5.41, 5.74) is 1.52. The predicted octanol–water partition coefficient (Wildman–Crippen LogP) is 2.96. The van der Waals surface area contributed by atoms with Crippen molar-refractivity contribution in [3.8, 4) is 0 Å². The minimum Gasteiger partial charge on any atom is -0.269 e. The quantitative estimate of drug-likeness (QED) is 0.866. The first-order valence-electron chi connectivity index (χ1n) is 5.73. The molecular formula is C14H14FNO2S. The summed E-state index contributed by atoms with van der Waals surface area (Å²) in [6.45, 7) is 1.91. The fourth-order valence-corrected chi connectivity index (χ4v) is 2.95. The third kappa shape index (κ3) is 2.61. The molecule has 0 unspecified atom stereocenters. The van der Waals surface area contributed by atoms with Gasteiger partial charge >= 0.3 is 0 Å². The van der Waals surface area contributed by atoms with Gasteiger partial charge in [0.05, 0.1) is 5.69 Å². The van der Waals surface area contributed by atoms with E-state index < -0.39 is 15.8 Å². The van der Waals surface area contributed by atoms with Gasteiger partial charge in [-0.1, -0.05) is 29.8 Å². The third-order valence-corrected chi connectivity index (χ3v) is 4.69. The van der Waals surface area contributed by atoms with E-state index in [1.54, 1.807) is 12.1 Å². The summed E-state index contributed by atoms with van der Waals surface area (Å²) in [5, 5.41) is 0. The van der Waals surface area contributed by atoms with Gasteiger partial charge in [-0.15, -0.1) is 0 Å². The Labute approximate surface area is 112 Å². The van der Waals surface area contributed by atoms with Gasteiger partial charge < -0.3 is 0 Å². The summed E-state index contributed by atoms with van der Waals surface area (Å²) in [7, 11) is -2.47. The summed E-state index contributed by atoms with van der Waals surface area (Å²) in [6, 6.07) is 12.3. The molecule has 100 valence electrons. The number of rotatable bonds is 3. The smallest absolute Gasteiger partial charge is 0.266 e. The minimum atomic E-state index is -3.88. The van der Waals surface area contributed by atoms with Crippen LogP contribution in [0.15, 0.2) is 53.4 Å². The van der Waals surface area contributed by atoms with Crippen molar-refractivity contribution in [2.24, 2.45) is 0 Å². The van der Waals surface area contributed by atoms with Crippen LogP contribution in [0.1, 0.15) is 5.56 Å². The molecule has 2 rings (SSSR count). The van der Waals surface area contributed by atoms with Gasteiger partial charge in [0.1, 0.15) is 10.7 Å². The highest BCUT2D eigenvalue weighted by atomic mass is 32.2. The first-order valence-corrected chi connectivity index (χ1v) is 7.17. The van der Waals surface area contributed by atoms with Crippen molar-refractivity contribution >= 4 is 15.7 Å². The Hall–Kier alpha value is -1.88. The molecule has 0 fully saturated rings. The van der Waals surface area contributed by atoms with Crippen LogP contribution in [0.4, 0.5) is 10.1 Å². The minimum absolute atomic E-state index is 0.321. The van der Waals surface area contributed by atoms with E-state index >= 15 is 0 Å². The van der Waals surface area contributed by atoms with Crippen LogP contribution < -0.4 is 4.31 Å². The maximum absolute atomic E-state index is 13.6. The second-order valence-corrected chi connectivity index (χ2v) is 6.18. The second-order valence-electron chi connectivity index (χ2n) is 4.24. The van der Waals surface area contributed by atoms with Crippen LogP contribution in [0, 0.1) is 12.7 Å². The number of halogens is 1. The molecular weight excluding hydrogens is 265 g/mol. The molecule has 0 aliphatic rings. The molecule has 0 radical (unpaired) electrons. The zero-order chi connectivity index (χ0) is 14.0. The summed E-state index contributed by atoms with van der Waals surface area (Å²) in [6.07, 6.45) is 0. The van der Waals surface area contributed by atoms with E-state index in [1.807, 2.05) is 19.1 Å². The van der Waals surface area contributed by atoms with Crippen LogP contribution >= 0.6 is 0 Å². The van der Waals surface area contributed by atoms with Gasteiger partial charge in [0, 0.05) is 7.05 Å². The molecule has 0 aromatic heterocycles. The van der Waals surface area contributed by atoms with E-state index in [4.69, 9.17) is 0 Å². The van der Waals surface area contributed by atoms with Crippen molar-refractivity contribution in [2.45, 2.75) is 11.8 Å². The molecule has 3 nitrogen and oxygen atoms in total. The van der Waals surface area contributed by atoms with Crippen molar-refractivity contribution in [3.05, 3.63) is 59.9 Å². The largest absolute Gasteiger partial charge is 0.269 e. The summed E-state index contributed by atoms with van der Waals surface area (Å²) in [5.74, 6) is -0.749. The van der Waals surface area contributed by atoms with E-state index in [0.717, 1.165) is 15.9 Å². The van der Waals surface area contributed by atoms with Crippen molar-refractivity contribution in [1.82, 2.24) is 0 Å². The number of aryl methyl sites for hydroxylation is 1. The predicted molar refractivity (Wildman–Crippen MR) is 73.2 cm³/mol. The van der Waals surface area contributed by atoms with E-state index in [0.29, 0.717) is 5.69 Å². The van der Waals surface area contributed by atoms with Gasteiger partial charge in [-0.3, -0.25) is 4.31 Å². The Morgan fingerprint density at radius 3 is 2.16 bits per heavy atom. The lowest BCUT2D eigenvalue weighted by Gasteiger charge is -2.19. The molecule has 0 N–H and O–H groups in total. The highest BCUT2D eigenvalue weighted by Crippen LogP contribution is 2.23. The van der Waals surface area contributed by atoms with Gasteiger partial charge in [-0.25, -0.2) is 12.8 Å². The summed E-state index contributed by atoms with van der Waals surface area (Å²) < 4.78 is 39.3. The lowest BCUT2D eigenvalue weighted by Crippen LogP contribution is -2.27. The van der Waals surface area contributed by atoms with Crippen molar-refractivity contribution in [3.63, 3.8) is 0 Å². The highest BCUT2D eigenvalue weighted by molar-refractivity contribution is 7.92. The van der Waals surface area contributed by atoms with Crippen molar-refractivity contribution in [2.75, 3.05) is 11.4 Å². The molecule has 0 aliphatic heterocycles. The number of nitrogens with zero attached hydrogens (tertiary/aromatic N) is 1. The number of hydrogen-bond acceptors (Lipinski definition) is 2. The molecule has 19 heavy (non-hydrogen) atoms. The van der Waals surface area contributed by atoms with Gasteiger partial charge in [0.25, 0.3) is 10.0 Å². The van der Waals surface area contributed by atoms with Crippen LogP contribution in [-0.2, 0) is 10.0 Å². The normalized spacial score (nSPS) is 11.3. The first-order chi connectivity index (χ1) is 8.93. The Morgan fingerprint density at radius 2 is 1.58 bits per heavy atom. The summed E-state index contributed by atoms with van der Waals surface area (Å²) >= 11 is 0. The Bertz CT molecular complexity index is 681. The lowest BCUT2D eigenvalue weighted by molar-refractivity contribution is 0.566. The van der Waals surface area contributed by atoms with Crippen LogP contribution in [0.2, 0.25) is 0 Å². The number of benzene rings is 2. The molecule has 0 saturated carbocycles. The van der Waals surface area contributed by atoms with Crippen LogP contribution in [0.5, 0.6) is 0 Å². The number of sulfonamides is 1. The van der Waals surface area contributed by atoms with Gasteiger partial charge in [-0.05, 0) is 31.2 Å². The standard InChI is InChI=1S/C14H14FNO2S/c1-11-7-9-12(10-8-11)16(2)19(17,18)14-6-4-3-5-13(14)15/h3-10H,1-2H3. The Kier molecular flexibility index (Phi) is 3.57. The molecule has 0 aliphatic carbocycles. The third-order valence-electron chi connectivity index (χ3n) is 2.87. The maximum Gasteiger partial charge on any atom is 0.266 e. The average molecular weight is 279 g/mol. The average Bonchev–Trinajstić information content (AvgIpc) is 2.39. The van der Waals surface area contributed by atoms with E-state index in [-0.39, 0.29) is 4.90 Å². The molecule has 0 atom stereocenters. The van der Waals surface area contributed by atoms with E-state index in [2.05, 4.69) is 0 Å². The van der Waals surface area contributed by atoms with E-state index in [1.165, 1.54) is 25.2 Å². The fourth-order valence-electron chi connectivity index (χ4n) is 1.69. The Balaban J connectivity index is 2.45. The molecule has 2 aromatic carbocycles. The Morgan fingerprint density at radius 1 is 1.00 bits per heavy atom. The van der Waals surface area contributed by atoms with E-state index in [9.17, 15) is 12.8 Å². The van der Waals surface area contributed by atoms with Crippen LogP contribution in [0.3, 0.4) is 0 Å². The fraction of sp³-hybridized carbons (Fsp3) is 0.143. The lowest BCUT2D eigenvalue weighted by atomic mass is 10.2. The maximum atomic E-state index is 13.6. The number of anilines is 1. The van der Waals surface area contributed by atoms with Crippen LogP contribution in [-0.4, -0.2) is 15.5 Å². The monoisotopic (exact) mass is 279 g/mol. The zero-order valence-electron chi connectivity index (χ0n) is 10.7. The molecule has 0 saturated heterocycles. The molecule has 5 heteroatoms. The molecule has 0 amide bonds. The second kappa shape index (κ2) is 5.01. The molecule has 0 spiro atoms. The van der Waals surface area contributed by atoms with Gasteiger partial charge in [-0.2, -0.15) is 0 Å². The molecule has 2 aromatic rings. The van der Waals surface area contributed by atoms with Crippen molar-refractivity contribution in [1.29, 1.82) is 0 Å². The molecule has 0 heterocycles.